The Morgan fingerprint density at radius 3 is 2.89 bits per heavy atom. The van der Waals surface area contributed by atoms with Gasteiger partial charge in [0.15, 0.2) is 5.78 Å². The number of nitrogens with two attached hydrogens (primary N) is 1. The van der Waals surface area contributed by atoms with Crippen LogP contribution in [0.5, 0.6) is 0 Å². The van der Waals surface area contributed by atoms with Crippen molar-refractivity contribution in [2.24, 2.45) is 11.8 Å². The van der Waals surface area contributed by atoms with Crippen molar-refractivity contribution in [3.63, 3.8) is 0 Å². The highest BCUT2D eigenvalue weighted by atomic mass is 79.9. The van der Waals surface area contributed by atoms with Gasteiger partial charge in [-0.05, 0) is 52.9 Å². The lowest BCUT2D eigenvalue weighted by Crippen LogP contribution is -2.23. The minimum absolute atomic E-state index is 0.198. The lowest BCUT2D eigenvalue weighted by molar-refractivity contribution is 0.0861. The fourth-order valence-electron chi connectivity index (χ4n) is 2.85. The van der Waals surface area contributed by atoms with Crippen LogP contribution in [0.3, 0.4) is 0 Å². The maximum atomic E-state index is 12.5. The first kappa shape index (κ1) is 13.6. The van der Waals surface area contributed by atoms with E-state index in [1.807, 2.05) is 12.1 Å². The molecule has 2 N–H and O–H groups in total. The molecule has 98 valence electrons. The number of hydrogen-bond donors (Lipinski definition) is 1. The number of carbonyl (C=O) groups excluding carboxylic acids is 1. The fraction of sp³-hybridized carbons (Fsp3) is 0.533. The maximum absolute atomic E-state index is 12.5. The number of Topliss-reactive ketones (excluding diaryl/α,β-unsaturated/α-hetero) is 1. The number of benzene rings is 1. The summed E-state index contributed by atoms with van der Waals surface area (Å²) in [5.74, 6) is 1.20. The van der Waals surface area contributed by atoms with Gasteiger partial charge in [0.05, 0.1) is 0 Å². The Kier molecular flexibility index (Phi) is 4.44. The predicted octanol–water partition coefficient (Wildman–Crippen LogP) is 4.43. The van der Waals surface area contributed by atoms with Crippen LogP contribution < -0.4 is 5.73 Å². The second-order valence-corrected chi connectivity index (χ2v) is 6.10. The van der Waals surface area contributed by atoms with Crippen molar-refractivity contribution in [2.45, 2.75) is 39.0 Å². The average Bonchev–Trinajstić information content (AvgIpc) is 2.38. The Hall–Kier alpha value is -0.830. The second kappa shape index (κ2) is 5.87. The van der Waals surface area contributed by atoms with E-state index in [-0.39, 0.29) is 11.7 Å². The van der Waals surface area contributed by atoms with E-state index < -0.39 is 0 Å². The zero-order valence-corrected chi connectivity index (χ0v) is 12.4. The Morgan fingerprint density at radius 1 is 1.44 bits per heavy atom. The molecule has 1 aliphatic carbocycles. The van der Waals surface area contributed by atoms with E-state index in [0.717, 1.165) is 28.8 Å². The van der Waals surface area contributed by atoms with Crippen molar-refractivity contribution in [3.8, 4) is 0 Å². The second-order valence-electron chi connectivity index (χ2n) is 5.24. The van der Waals surface area contributed by atoms with Gasteiger partial charge in [-0.25, -0.2) is 0 Å². The molecule has 2 unspecified atom stereocenters. The van der Waals surface area contributed by atoms with E-state index in [0.29, 0.717) is 5.69 Å². The zero-order valence-electron chi connectivity index (χ0n) is 10.8. The highest BCUT2D eigenvalue weighted by Crippen LogP contribution is 2.34. The molecular formula is C15H20BrNO. The van der Waals surface area contributed by atoms with E-state index in [9.17, 15) is 4.79 Å². The minimum atomic E-state index is 0.198. The van der Waals surface area contributed by atoms with Crippen LogP contribution in [0.4, 0.5) is 5.69 Å². The van der Waals surface area contributed by atoms with Gasteiger partial charge in [0.25, 0.3) is 0 Å². The van der Waals surface area contributed by atoms with Crippen LogP contribution in [0.25, 0.3) is 0 Å². The lowest BCUT2D eigenvalue weighted by atomic mass is 9.77. The summed E-state index contributed by atoms with van der Waals surface area (Å²) < 4.78 is 0.825. The summed E-state index contributed by atoms with van der Waals surface area (Å²) in [5, 5.41) is 0. The maximum Gasteiger partial charge on any atom is 0.167 e. The number of ketones is 1. The highest BCUT2D eigenvalue weighted by Gasteiger charge is 2.27. The SMILES string of the molecule is CCC1CCCC(C(=O)c2ccc(N)cc2Br)C1. The quantitative estimate of drug-likeness (QED) is 0.663. The molecule has 18 heavy (non-hydrogen) atoms. The zero-order chi connectivity index (χ0) is 13.1. The molecule has 2 rings (SSSR count). The Bertz CT molecular complexity index is 444. The Morgan fingerprint density at radius 2 is 2.22 bits per heavy atom. The van der Waals surface area contributed by atoms with Crippen LogP contribution >= 0.6 is 15.9 Å². The van der Waals surface area contributed by atoms with Gasteiger partial charge in [0.1, 0.15) is 0 Å². The molecule has 1 aliphatic rings. The van der Waals surface area contributed by atoms with Gasteiger partial charge in [0.2, 0.25) is 0 Å². The summed E-state index contributed by atoms with van der Waals surface area (Å²) in [6, 6.07) is 5.46. The number of anilines is 1. The molecule has 1 aromatic carbocycles. The normalized spacial score (nSPS) is 23.9. The van der Waals surface area contributed by atoms with Crippen molar-refractivity contribution in [1.29, 1.82) is 0 Å². The first-order valence-corrected chi connectivity index (χ1v) is 7.50. The third kappa shape index (κ3) is 2.94. The highest BCUT2D eigenvalue weighted by molar-refractivity contribution is 9.10. The van der Waals surface area contributed by atoms with Gasteiger partial charge in [-0.2, -0.15) is 0 Å². The number of carbonyl (C=O) groups is 1. The topological polar surface area (TPSA) is 43.1 Å². The summed E-state index contributed by atoms with van der Waals surface area (Å²) in [4.78, 5) is 12.5. The number of nitrogen functional groups attached to an aromatic ring is 1. The van der Waals surface area contributed by atoms with E-state index in [4.69, 9.17) is 5.73 Å². The summed E-state index contributed by atoms with van der Waals surface area (Å²) in [5.41, 5.74) is 7.18. The molecule has 0 aliphatic heterocycles. The van der Waals surface area contributed by atoms with E-state index in [2.05, 4.69) is 22.9 Å². The van der Waals surface area contributed by atoms with Crippen molar-refractivity contribution >= 4 is 27.4 Å². The van der Waals surface area contributed by atoms with Crippen LogP contribution in [0, 0.1) is 11.8 Å². The van der Waals surface area contributed by atoms with E-state index >= 15 is 0 Å². The molecule has 0 radical (unpaired) electrons. The van der Waals surface area contributed by atoms with Crippen molar-refractivity contribution < 1.29 is 4.79 Å². The van der Waals surface area contributed by atoms with Gasteiger partial charge < -0.3 is 5.73 Å². The summed E-state index contributed by atoms with van der Waals surface area (Å²) in [7, 11) is 0. The molecule has 0 amide bonds. The molecule has 2 nitrogen and oxygen atoms in total. The number of rotatable bonds is 3. The number of hydrogen-bond acceptors (Lipinski definition) is 2. The molecule has 3 heteroatoms. The minimum Gasteiger partial charge on any atom is -0.399 e. The first-order chi connectivity index (χ1) is 8.61. The number of halogens is 1. The molecule has 0 bridgehead atoms. The third-order valence-electron chi connectivity index (χ3n) is 3.99. The summed E-state index contributed by atoms with van der Waals surface area (Å²) in [6.07, 6.45) is 5.73. The van der Waals surface area contributed by atoms with Crippen LogP contribution in [0.1, 0.15) is 49.4 Å². The van der Waals surface area contributed by atoms with Gasteiger partial charge in [-0.15, -0.1) is 0 Å². The molecule has 0 spiro atoms. The van der Waals surface area contributed by atoms with Crippen LogP contribution in [-0.2, 0) is 0 Å². The van der Waals surface area contributed by atoms with Gasteiger partial charge in [-0.3, -0.25) is 4.79 Å². The van der Waals surface area contributed by atoms with E-state index in [1.54, 1.807) is 6.07 Å². The largest absolute Gasteiger partial charge is 0.399 e. The molecule has 0 saturated heterocycles. The Labute approximate surface area is 117 Å². The van der Waals surface area contributed by atoms with Crippen molar-refractivity contribution in [3.05, 3.63) is 28.2 Å². The van der Waals surface area contributed by atoms with Crippen LogP contribution in [0.2, 0.25) is 0 Å². The third-order valence-corrected chi connectivity index (χ3v) is 4.65. The average molecular weight is 310 g/mol. The van der Waals surface area contributed by atoms with Crippen LogP contribution in [-0.4, -0.2) is 5.78 Å². The van der Waals surface area contributed by atoms with Gasteiger partial charge >= 0.3 is 0 Å². The van der Waals surface area contributed by atoms with Gasteiger partial charge in [-0.1, -0.05) is 26.2 Å². The molecular weight excluding hydrogens is 290 g/mol. The fourth-order valence-corrected chi connectivity index (χ4v) is 3.44. The first-order valence-electron chi connectivity index (χ1n) is 6.71. The molecule has 1 fully saturated rings. The molecule has 1 saturated carbocycles. The van der Waals surface area contributed by atoms with Gasteiger partial charge in [0, 0.05) is 21.6 Å². The molecule has 1 aromatic rings. The smallest absolute Gasteiger partial charge is 0.167 e. The van der Waals surface area contributed by atoms with E-state index in [1.165, 1.54) is 19.3 Å². The standard InChI is InChI=1S/C15H20BrNO/c1-2-10-4-3-5-11(8-10)15(18)13-7-6-12(17)9-14(13)16/h6-7,9-11H,2-5,8,17H2,1H3. The lowest BCUT2D eigenvalue weighted by Gasteiger charge is -2.27. The predicted molar refractivity (Wildman–Crippen MR) is 78.6 cm³/mol. The van der Waals surface area contributed by atoms with Crippen molar-refractivity contribution in [1.82, 2.24) is 0 Å². The molecule has 2 atom stereocenters. The summed E-state index contributed by atoms with van der Waals surface area (Å²) >= 11 is 3.45. The monoisotopic (exact) mass is 309 g/mol. The van der Waals surface area contributed by atoms with Crippen molar-refractivity contribution in [2.75, 3.05) is 5.73 Å². The Balaban J connectivity index is 2.15. The molecule has 0 heterocycles. The van der Waals surface area contributed by atoms with Crippen LogP contribution in [0.15, 0.2) is 22.7 Å². The molecule has 0 aromatic heterocycles. The summed E-state index contributed by atoms with van der Waals surface area (Å²) in [6.45, 7) is 2.22.